The number of ketones is 1. The monoisotopic (exact) mass is 302 g/mol. The molecule has 0 spiro atoms. The summed E-state index contributed by atoms with van der Waals surface area (Å²) in [5.41, 5.74) is 2.48. The molecule has 2 aromatic carbocycles. The van der Waals surface area contributed by atoms with Crippen LogP contribution in [-0.2, 0) is 14.3 Å². The summed E-state index contributed by atoms with van der Waals surface area (Å²) < 4.78 is 4.88. The molecule has 1 fully saturated rings. The highest BCUT2D eigenvalue weighted by Crippen LogP contribution is 2.29. The molecule has 106 valence electrons. The van der Waals surface area contributed by atoms with Crippen LogP contribution in [0.25, 0.3) is 11.1 Å². The van der Waals surface area contributed by atoms with Crippen LogP contribution in [0.5, 0.6) is 0 Å². The van der Waals surface area contributed by atoms with Crippen molar-refractivity contribution >= 4 is 23.4 Å². The lowest BCUT2D eigenvalue weighted by Crippen LogP contribution is -2.21. The molecule has 21 heavy (non-hydrogen) atoms. The van der Waals surface area contributed by atoms with E-state index in [4.69, 9.17) is 16.3 Å². The smallest absolute Gasteiger partial charge is 0.344 e. The van der Waals surface area contributed by atoms with Gasteiger partial charge in [0.2, 0.25) is 11.9 Å². The third-order valence-electron chi connectivity index (χ3n) is 3.38. The van der Waals surface area contributed by atoms with Gasteiger partial charge in [-0.3, -0.25) is 4.79 Å². The molecular weight excluding hydrogens is 292 g/mol. The van der Waals surface area contributed by atoms with Crippen molar-refractivity contribution in [3.05, 3.63) is 59.1 Å². The van der Waals surface area contributed by atoms with Crippen LogP contribution in [0.3, 0.4) is 0 Å². The highest BCUT2D eigenvalue weighted by Gasteiger charge is 2.42. The molecule has 1 aliphatic rings. The number of aliphatic hydroxyl groups is 1. The van der Waals surface area contributed by atoms with Crippen molar-refractivity contribution < 1.29 is 19.4 Å². The van der Waals surface area contributed by atoms with E-state index in [1.54, 1.807) is 24.3 Å². The normalized spacial score (nSPS) is 21.4. The summed E-state index contributed by atoms with van der Waals surface area (Å²) in [6.07, 6.45) is -2.70. The number of carbonyl (C=O) groups excluding carboxylic acids is 2. The van der Waals surface area contributed by atoms with Crippen LogP contribution in [0.2, 0.25) is 5.02 Å². The van der Waals surface area contributed by atoms with Crippen molar-refractivity contribution in [1.82, 2.24) is 0 Å². The molecule has 0 bridgehead atoms. The molecule has 3 rings (SSSR count). The second-order valence-corrected chi connectivity index (χ2v) is 5.19. The third kappa shape index (κ3) is 2.55. The predicted molar refractivity (Wildman–Crippen MR) is 76.7 cm³/mol. The van der Waals surface area contributed by atoms with Crippen LogP contribution < -0.4 is 0 Å². The van der Waals surface area contributed by atoms with Crippen molar-refractivity contribution in [2.45, 2.75) is 12.2 Å². The average molecular weight is 303 g/mol. The van der Waals surface area contributed by atoms with Gasteiger partial charge in [0, 0.05) is 10.6 Å². The van der Waals surface area contributed by atoms with E-state index in [-0.39, 0.29) is 0 Å². The Hall–Kier alpha value is -2.17. The Balaban J connectivity index is 1.86. The van der Waals surface area contributed by atoms with Gasteiger partial charge in [-0.15, -0.1) is 0 Å². The van der Waals surface area contributed by atoms with Crippen LogP contribution in [0, 0.1) is 0 Å². The van der Waals surface area contributed by atoms with Gasteiger partial charge in [-0.2, -0.15) is 0 Å². The predicted octanol–water partition coefficient (Wildman–Crippen LogP) is 2.53. The number of rotatable bonds is 2. The summed E-state index contributed by atoms with van der Waals surface area (Å²) in [5, 5.41) is 9.98. The molecule has 2 aromatic rings. The first-order chi connectivity index (χ1) is 10.1. The topological polar surface area (TPSA) is 63.6 Å². The van der Waals surface area contributed by atoms with Gasteiger partial charge < -0.3 is 9.84 Å². The van der Waals surface area contributed by atoms with Gasteiger partial charge in [0.15, 0.2) is 6.10 Å². The SMILES string of the molecule is O=C1O[C@H](c2ccc(-c3ccc(Cl)cc3)cc2)C(=O)C1O. The maximum atomic E-state index is 11.7. The number of carbonyl (C=O) groups is 2. The molecule has 0 amide bonds. The molecule has 5 heteroatoms. The average Bonchev–Trinajstić information content (AvgIpc) is 2.76. The van der Waals surface area contributed by atoms with Gasteiger partial charge in [-0.1, -0.05) is 48.0 Å². The molecular formula is C16H11ClO4. The maximum absolute atomic E-state index is 11.7. The Bertz CT molecular complexity index is 691. The Kier molecular flexibility index (Phi) is 3.49. The van der Waals surface area contributed by atoms with E-state index in [0.29, 0.717) is 10.6 Å². The molecule has 1 N–H and O–H groups in total. The molecule has 4 nitrogen and oxygen atoms in total. The van der Waals surface area contributed by atoms with Gasteiger partial charge in [0.25, 0.3) is 0 Å². The lowest BCUT2D eigenvalue weighted by molar-refractivity contribution is -0.147. The minimum atomic E-state index is -1.68. The number of hydrogen-bond acceptors (Lipinski definition) is 4. The second kappa shape index (κ2) is 5.31. The lowest BCUT2D eigenvalue weighted by Gasteiger charge is -2.09. The van der Waals surface area contributed by atoms with Gasteiger partial charge in [0.05, 0.1) is 0 Å². The van der Waals surface area contributed by atoms with Crippen molar-refractivity contribution in [2.75, 3.05) is 0 Å². The number of hydrogen-bond donors (Lipinski definition) is 1. The zero-order valence-corrected chi connectivity index (χ0v) is 11.6. The highest BCUT2D eigenvalue weighted by molar-refractivity contribution is 6.30. The van der Waals surface area contributed by atoms with Crippen molar-refractivity contribution in [3.63, 3.8) is 0 Å². The molecule has 2 atom stereocenters. The molecule has 0 aromatic heterocycles. The zero-order chi connectivity index (χ0) is 15.0. The second-order valence-electron chi connectivity index (χ2n) is 4.75. The molecule has 0 saturated carbocycles. The van der Waals surface area contributed by atoms with E-state index in [1.165, 1.54) is 0 Å². The van der Waals surface area contributed by atoms with Crippen LogP contribution in [0.15, 0.2) is 48.5 Å². The van der Waals surface area contributed by atoms with Gasteiger partial charge >= 0.3 is 5.97 Å². The fourth-order valence-electron chi connectivity index (χ4n) is 2.22. The maximum Gasteiger partial charge on any atom is 0.344 e. The Morgan fingerprint density at radius 2 is 1.43 bits per heavy atom. The Labute approximate surface area is 125 Å². The third-order valence-corrected chi connectivity index (χ3v) is 3.63. The number of aliphatic hydroxyl groups excluding tert-OH is 1. The Morgan fingerprint density at radius 3 is 1.90 bits per heavy atom. The first-order valence-electron chi connectivity index (χ1n) is 6.34. The van der Waals surface area contributed by atoms with Crippen molar-refractivity contribution in [1.29, 1.82) is 0 Å². The summed E-state index contributed by atoms with van der Waals surface area (Å²) in [4.78, 5) is 22.9. The quantitative estimate of drug-likeness (QED) is 0.684. The van der Waals surface area contributed by atoms with E-state index in [1.807, 2.05) is 24.3 Å². The van der Waals surface area contributed by atoms with Gasteiger partial charge in [-0.25, -0.2) is 4.79 Å². The largest absolute Gasteiger partial charge is 0.447 e. The van der Waals surface area contributed by atoms with Gasteiger partial charge in [-0.05, 0) is 23.3 Å². The summed E-state index contributed by atoms with van der Waals surface area (Å²) in [6.45, 7) is 0. The standard InChI is InChI=1S/C16H11ClO4/c17-12-7-5-10(6-8-12)9-1-3-11(4-2-9)15-13(18)14(19)16(20)21-15/h1-8,14-15,19H/t14?,15-/m1/s1. The van der Waals surface area contributed by atoms with Crippen LogP contribution in [0.4, 0.5) is 0 Å². The number of benzene rings is 2. The van der Waals surface area contributed by atoms with E-state index < -0.39 is 24.0 Å². The number of esters is 1. The van der Waals surface area contributed by atoms with E-state index in [9.17, 15) is 14.7 Å². The van der Waals surface area contributed by atoms with Crippen molar-refractivity contribution in [2.24, 2.45) is 0 Å². The lowest BCUT2D eigenvalue weighted by atomic mass is 10.00. The van der Waals surface area contributed by atoms with Gasteiger partial charge in [0.1, 0.15) is 0 Å². The number of halogens is 1. The molecule has 0 radical (unpaired) electrons. The minimum Gasteiger partial charge on any atom is -0.447 e. The van der Waals surface area contributed by atoms with Crippen LogP contribution in [-0.4, -0.2) is 23.0 Å². The number of Topliss-reactive ketones (excluding diaryl/α,β-unsaturated/α-hetero) is 1. The number of cyclic esters (lactones) is 1. The summed E-state index contributed by atoms with van der Waals surface area (Å²) in [5.74, 6) is -1.52. The first kappa shape index (κ1) is 13.8. The van der Waals surface area contributed by atoms with Crippen LogP contribution in [0.1, 0.15) is 11.7 Å². The molecule has 1 heterocycles. The summed E-state index contributed by atoms with van der Waals surface area (Å²) in [6, 6.07) is 14.4. The summed E-state index contributed by atoms with van der Waals surface area (Å²) in [7, 11) is 0. The molecule has 1 aliphatic heterocycles. The van der Waals surface area contributed by atoms with E-state index in [0.717, 1.165) is 11.1 Å². The van der Waals surface area contributed by atoms with Crippen molar-refractivity contribution in [3.8, 4) is 11.1 Å². The Morgan fingerprint density at radius 1 is 0.905 bits per heavy atom. The fraction of sp³-hybridized carbons (Fsp3) is 0.125. The number of ether oxygens (including phenoxy) is 1. The van der Waals surface area contributed by atoms with Crippen LogP contribution >= 0.6 is 11.6 Å². The highest BCUT2D eigenvalue weighted by atomic mass is 35.5. The van der Waals surface area contributed by atoms with E-state index in [2.05, 4.69) is 0 Å². The molecule has 1 unspecified atom stereocenters. The minimum absolute atomic E-state index is 0.544. The summed E-state index contributed by atoms with van der Waals surface area (Å²) >= 11 is 5.84. The fourth-order valence-corrected chi connectivity index (χ4v) is 2.35. The van der Waals surface area contributed by atoms with E-state index >= 15 is 0 Å². The first-order valence-corrected chi connectivity index (χ1v) is 6.72. The zero-order valence-electron chi connectivity index (χ0n) is 10.8. The molecule has 0 aliphatic carbocycles. The molecule has 1 saturated heterocycles.